The van der Waals surface area contributed by atoms with Gasteiger partial charge < -0.3 is 15.5 Å². The molecule has 3 rings (SSSR count). The summed E-state index contributed by atoms with van der Waals surface area (Å²) in [5.41, 5.74) is 2.33. The molecule has 1 aliphatic heterocycles. The molecule has 1 aromatic heterocycles. The Morgan fingerprint density at radius 3 is 2.38 bits per heavy atom. The lowest BCUT2D eigenvalue weighted by Crippen LogP contribution is -2.48. The van der Waals surface area contributed by atoms with Gasteiger partial charge >= 0.3 is 6.03 Å². The Labute approximate surface area is 199 Å². The normalized spacial score (nSPS) is 15.5. The second-order valence-corrected chi connectivity index (χ2v) is 10.2. The summed E-state index contributed by atoms with van der Waals surface area (Å²) in [4.78, 5) is 18.1. The van der Waals surface area contributed by atoms with Crippen molar-refractivity contribution in [3.8, 4) is 0 Å². The molecule has 0 radical (unpaired) electrons. The second kappa shape index (κ2) is 11.2. The maximum Gasteiger partial charge on any atom is 0.319 e. The molecule has 2 N–H and O–H groups in total. The van der Waals surface area contributed by atoms with E-state index in [1.54, 1.807) is 19.1 Å². The molecule has 1 aromatic carbocycles. The highest BCUT2D eigenvalue weighted by Gasteiger charge is 2.34. The van der Waals surface area contributed by atoms with Gasteiger partial charge in [-0.25, -0.2) is 22.0 Å². The topological polar surface area (TPSA) is 94.6 Å². The number of anilines is 1. The van der Waals surface area contributed by atoms with E-state index in [9.17, 15) is 22.0 Å². The fraction of sp³-hybridized carbons (Fsp3) is 0.478. The average molecular weight is 496 g/mol. The van der Waals surface area contributed by atoms with Crippen LogP contribution in [0.2, 0.25) is 0 Å². The van der Waals surface area contributed by atoms with Crippen LogP contribution in [0.25, 0.3) is 0 Å². The molecule has 1 fully saturated rings. The van der Waals surface area contributed by atoms with Crippen molar-refractivity contribution in [3.63, 3.8) is 0 Å². The average Bonchev–Trinajstić information content (AvgIpc) is 2.74. The number of halogens is 2. The number of carbonyl (C=O) groups is 1. The third-order valence-corrected chi connectivity index (χ3v) is 7.87. The first-order chi connectivity index (χ1) is 16.1. The molecule has 0 spiro atoms. The molecule has 34 heavy (non-hydrogen) atoms. The van der Waals surface area contributed by atoms with Crippen LogP contribution in [0.1, 0.15) is 31.2 Å². The highest BCUT2D eigenvalue weighted by molar-refractivity contribution is 7.89. The van der Waals surface area contributed by atoms with Crippen molar-refractivity contribution in [2.24, 2.45) is 0 Å². The van der Waals surface area contributed by atoms with Crippen molar-refractivity contribution in [2.75, 3.05) is 38.0 Å². The summed E-state index contributed by atoms with van der Waals surface area (Å²) < 4.78 is 54.7. The molecule has 1 aliphatic rings. The number of piperidine rings is 1. The van der Waals surface area contributed by atoms with Crippen LogP contribution >= 0.6 is 0 Å². The van der Waals surface area contributed by atoms with Gasteiger partial charge in [-0.1, -0.05) is 6.92 Å². The molecule has 2 aromatic rings. The number of nitrogens with zero attached hydrogens (tertiary/aromatic N) is 3. The Morgan fingerprint density at radius 2 is 1.79 bits per heavy atom. The second-order valence-electron chi connectivity index (χ2n) is 8.38. The fourth-order valence-corrected chi connectivity index (χ4v) is 6.02. The van der Waals surface area contributed by atoms with Gasteiger partial charge in [0.1, 0.15) is 16.5 Å². The SMILES string of the molecule is CCN(C1CCN(CCNC(=O)Nc2cc(C)nc(C)c2)CC1)S(=O)(=O)c1ccc(F)cc1F. The van der Waals surface area contributed by atoms with Crippen LogP contribution in [-0.2, 0) is 10.0 Å². The molecule has 0 aliphatic carbocycles. The number of urea groups is 1. The van der Waals surface area contributed by atoms with Gasteiger partial charge in [-0.2, -0.15) is 4.31 Å². The molecule has 0 atom stereocenters. The molecule has 1 saturated heterocycles. The molecule has 0 saturated carbocycles. The summed E-state index contributed by atoms with van der Waals surface area (Å²) in [5, 5.41) is 5.62. The smallest absolute Gasteiger partial charge is 0.319 e. The van der Waals surface area contributed by atoms with Gasteiger partial charge in [0.15, 0.2) is 0 Å². The zero-order valence-corrected chi connectivity index (χ0v) is 20.5. The number of aromatic nitrogens is 1. The van der Waals surface area contributed by atoms with Gasteiger partial charge in [-0.15, -0.1) is 0 Å². The van der Waals surface area contributed by atoms with Crippen LogP contribution in [0.15, 0.2) is 35.2 Å². The molecule has 0 unspecified atom stereocenters. The number of likely N-dealkylation sites (tertiary alicyclic amines) is 1. The van der Waals surface area contributed by atoms with E-state index in [-0.39, 0.29) is 18.6 Å². The minimum absolute atomic E-state index is 0.194. The lowest BCUT2D eigenvalue weighted by molar-refractivity contribution is 0.162. The van der Waals surface area contributed by atoms with E-state index in [2.05, 4.69) is 20.5 Å². The van der Waals surface area contributed by atoms with E-state index in [1.807, 2.05) is 13.8 Å². The van der Waals surface area contributed by atoms with Crippen molar-refractivity contribution in [1.82, 2.24) is 19.5 Å². The van der Waals surface area contributed by atoms with Crippen LogP contribution < -0.4 is 10.6 Å². The Morgan fingerprint density at radius 1 is 1.15 bits per heavy atom. The number of sulfonamides is 1. The zero-order valence-electron chi connectivity index (χ0n) is 19.6. The predicted octanol–water partition coefficient (Wildman–Crippen LogP) is 3.27. The van der Waals surface area contributed by atoms with Crippen LogP contribution in [-0.4, -0.2) is 67.4 Å². The third kappa shape index (κ3) is 6.49. The highest BCUT2D eigenvalue weighted by Crippen LogP contribution is 2.26. The Balaban J connectivity index is 1.48. The maximum atomic E-state index is 14.2. The van der Waals surface area contributed by atoms with Gasteiger partial charge in [-0.05, 0) is 64.0 Å². The van der Waals surface area contributed by atoms with Gasteiger partial charge in [0.05, 0.1) is 0 Å². The van der Waals surface area contributed by atoms with E-state index in [4.69, 9.17) is 0 Å². The quantitative estimate of drug-likeness (QED) is 0.586. The monoisotopic (exact) mass is 495 g/mol. The van der Waals surface area contributed by atoms with E-state index in [1.165, 1.54) is 4.31 Å². The number of rotatable bonds is 8. The molecular formula is C23H31F2N5O3S. The molecule has 186 valence electrons. The van der Waals surface area contributed by atoms with E-state index >= 15 is 0 Å². The van der Waals surface area contributed by atoms with Crippen molar-refractivity contribution < 1.29 is 22.0 Å². The predicted molar refractivity (Wildman–Crippen MR) is 126 cm³/mol. The largest absolute Gasteiger partial charge is 0.337 e. The first kappa shape index (κ1) is 26.0. The van der Waals surface area contributed by atoms with E-state index in [0.29, 0.717) is 50.8 Å². The van der Waals surface area contributed by atoms with Crippen molar-refractivity contribution in [2.45, 2.75) is 44.6 Å². The summed E-state index contributed by atoms with van der Waals surface area (Å²) in [6.07, 6.45) is 1.16. The van der Waals surface area contributed by atoms with Crippen molar-refractivity contribution >= 4 is 21.7 Å². The number of amides is 2. The van der Waals surface area contributed by atoms with Crippen molar-refractivity contribution in [1.29, 1.82) is 0 Å². The molecular weight excluding hydrogens is 464 g/mol. The first-order valence-corrected chi connectivity index (χ1v) is 12.7. The molecule has 8 nitrogen and oxygen atoms in total. The lowest BCUT2D eigenvalue weighted by Gasteiger charge is -2.37. The highest BCUT2D eigenvalue weighted by atomic mass is 32.2. The summed E-state index contributed by atoms with van der Waals surface area (Å²) >= 11 is 0. The van der Waals surface area contributed by atoms with Crippen molar-refractivity contribution in [3.05, 3.63) is 53.4 Å². The van der Waals surface area contributed by atoms with E-state index < -0.39 is 26.6 Å². The van der Waals surface area contributed by atoms with Crippen LogP contribution in [0, 0.1) is 25.5 Å². The van der Waals surface area contributed by atoms with E-state index in [0.717, 1.165) is 23.5 Å². The minimum Gasteiger partial charge on any atom is -0.337 e. The van der Waals surface area contributed by atoms with Gasteiger partial charge in [-0.3, -0.25) is 4.98 Å². The summed E-state index contributed by atoms with van der Waals surface area (Å²) in [6, 6.07) is 5.53. The standard InChI is InChI=1S/C23H31F2N5O3S/c1-4-30(34(32,33)22-6-5-18(24)15-21(22)25)20-7-10-29(11-8-20)12-9-26-23(31)28-19-13-16(2)27-17(3)14-19/h5-6,13-15,20H,4,7-12H2,1-3H3,(H2,26,27,28,31). The van der Waals surface area contributed by atoms with Crippen LogP contribution in [0.3, 0.4) is 0 Å². The third-order valence-electron chi connectivity index (χ3n) is 5.81. The summed E-state index contributed by atoms with van der Waals surface area (Å²) in [6.45, 7) is 7.99. The Kier molecular flexibility index (Phi) is 8.56. The Bertz CT molecular complexity index is 1100. The van der Waals surface area contributed by atoms with Crippen LogP contribution in [0.4, 0.5) is 19.3 Å². The van der Waals surface area contributed by atoms with Gasteiger partial charge in [0.2, 0.25) is 10.0 Å². The number of benzene rings is 1. The number of hydrogen-bond acceptors (Lipinski definition) is 5. The van der Waals surface area contributed by atoms with Gasteiger partial charge in [0.25, 0.3) is 0 Å². The molecule has 11 heteroatoms. The fourth-order valence-electron chi connectivity index (χ4n) is 4.28. The summed E-state index contributed by atoms with van der Waals surface area (Å²) in [7, 11) is -4.08. The maximum absolute atomic E-state index is 14.2. The molecule has 2 amide bonds. The summed E-state index contributed by atoms with van der Waals surface area (Å²) in [5.74, 6) is -1.90. The lowest BCUT2D eigenvalue weighted by atomic mass is 10.1. The Hall–Kier alpha value is -2.63. The number of hydrogen-bond donors (Lipinski definition) is 2. The number of pyridine rings is 1. The van der Waals surface area contributed by atoms with Gasteiger partial charge in [0, 0.05) is 48.8 Å². The molecule has 2 heterocycles. The minimum atomic E-state index is -4.08. The first-order valence-electron chi connectivity index (χ1n) is 11.3. The number of nitrogens with one attached hydrogen (secondary N) is 2. The number of carbonyl (C=O) groups excluding carboxylic acids is 1. The van der Waals surface area contributed by atoms with Crippen LogP contribution in [0.5, 0.6) is 0 Å². The molecule has 0 bridgehead atoms. The number of aryl methyl sites for hydroxylation is 2. The zero-order chi connectivity index (χ0) is 24.9.